The third-order valence-electron chi connectivity index (χ3n) is 1.94. The van der Waals surface area contributed by atoms with Crippen molar-refractivity contribution in [3.05, 3.63) is 12.2 Å². The number of thiocarbonyl (C=S) groups is 1. The Hall–Kier alpha value is -1.50. The number of carbonyl (C=O) groups is 1. The fourth-order valence-corrected chi connectivity index (χ4v) is 1.19. The number of carbonyl (C=O) groups excluding carboxylic acids is 1. The molecule has 1 rings (SSSR count). The molecular formula is C9H15N5OS. The molecule has 1 aromatic rings. The van der Waals surface area contributed by atoms with Crippen LogP contribution >= 0.6 is 12.2 Å². The van der Waals surface area contributed by atoms with Gasteiger partial charge < -0.3 is 11.1 Å². The van der Waals surface area contributed by atoms with Crippen LogP contribution in [-0.2, 0) is 4.79 Å². The molecule has 0 aromatic carbocycles. The molecule has 0 saturated heterocycles. The molecule has 6 nitrogen and oxygen atoms in total. The second kappa shape index (κ2) is 5.02. The van der Waals surface area contributed by atoms with Crippen LogP contribution in [0, 0.1) is 0 Å². The molecule has 7 heteroatoms. The highest BCUT2D eigenvalue weighted by atomic mass is 32.1. The predicted octanol–water partition coefficient (Wildman–Crippen LogP) is -0.00210. The third kappa shape index (κ3) is 2.99. The van der Waals surface area contributed by atoms with E-state index >= 15 is 0 Å². The lowest BCUT2D eigenvalue weighted by atomic mass is 10.3. The van der Waals surface area contributed by atoms with Crippen LogP contribution in [0.1, 0.15) is 32.6 Å². The molecule has 0 radical (unpaired) electrons. The van der Waals surface area contributed by atoms with Crippen LogP contribution < -0.4 is 11.1 Å². The maximum absolute atomic E-state index is 11.7. The Labute approximate surface area is 99.2 Å². The van der Waals surface area contributed by atoms with E-state index in [2.05, 4.69) is 15.4 Å². The topological polar surface area (TPSA) is 85.8 Å². The first-order chi connectivity index (χ1) is 7.41. The van der Waals surface area contributed by atoms with Gasteiger partial charge >= 0.3 is 0 Å². The average molecular weight is 241 g/mol. The van der Waals surface area contributed by atoms with Gasteiger partial charge in [-0.25, -0.2) is 9.67 Å². The molecule has 88 valence electrons. The summed E-state index contributed by atoms with van der Waals surface area (Å²) in [6.07, 6.45) is 1.44. The van der Waals surface area contributed by atoms with Crippen molar-refractivity contribution in [3.8, 4) is 0 Å². The Morgan fingerprint density at radius 3 is 2.62 bits per heavy atom. The summed E-state index contributed by atoms with van der Waals surface area (Å²) in [4.78, 5) is 15.7. The maximum Gasteiger partial charge on any atom is 0.244 e. The molecule has 0 aliphatic carbocycles. The molecule has 1 amide bonds. The first kappa shape index (κ1) is 12.6. The number of hydrogen-bond acceptors (Lipinski definition) is 4. The van der Waals surface area contributed by atoms with Gasteiger partial charge in [0.15, 0.2) is 0 Å². The molecular weight excluding hydrogens is 226 g/mol. The molecule has 3 N–H and O–H groups in total. The van der Waals surface area contributed by atoms with Gasteiger partial charge in [-0.2, -0.15) is 0 Å². The minimum Gasteiger partial charge on any atom is -0.387 e. The van der Waals surface area contributed by atoms with Crippen molar-refractivity contribution in [1.82, 2.24) is 20.1 Å². The smallest absolute Gasteiger partial charge is 0.244 e. The summed E-state index contributed by atoms with van der Waals surface area (Å²) in [5.74, 6) is 0.161. The summed E-state index contributed by atoms with van der Waals surface area (Å²) in [5, 5.41) is 6.80. The predicted molar refractivity (Wildman–Crippen MR) is 63.9 cm³/mol. The van der Waals surface area contributed by atoms with Gasteiger partial charge in [-0.1, -0.05) is 12.2 Å². The van der Waals surface area contributed by atoms with E-state index < -0.39 is 6.04 Å². The fourth-order valence-electron chi connectivity index (χ4n) is 1.10. The van der Waals surface area contributed by atoms with Gasteiger partial charge in [0.2, 0.25) is 11.7 Å². The van der Waals surface area contributed by atoms with E-state index in [1.165, 1.54) is 11.0 Å². The number of hydrogen-bond donors (Lipinski definition) is 2. The molecule has 0 aliphatic heterocycles. The number of nitrogens with one attached hydrogen (secondary N) is 1. The van der Waals surface area contributed by atoms with Crippen LogP contribution in [-0.4, -0.2) is 31.7 Å². The second-order valence-electron chi connectivity index (χ2n) is 3.75. The van der Waals surface area contributed by atoms with Crippen molar-refractivity contribution < 1.29 is 4.79 Å². The Balaban J connectivity index is 2.76. The Kier molecular flexibility index (Phi) is 3.94. The van der Waals surface area contributed by atoms with Gasteiger partial charge in [0.05, 0.1) is 0 Å². The van der Waals surface area contributed by atoms with Crippen LogP contribution in [0.3, 0.4) is 0 Å². The zero-order valence-corrected chi connectivity index (χ0v) is 10.3. The molecule has 0 fully saturated rings. The van der Waals surface area contributed by atoms with E-state index in [9.17, 15) is 4.79 Å². The van der Waals surface area contributed by atoms with Crippen molar-refractivity contribution in [2.45, 2.75) is 32.9 Å². The first-order valence-electron chi connectivity index (χ1n) is 4.93. The third-order valence-corrected chi connectivity index (χ3v) is 2.12. The standard InChI is InChI=1S/C9H15N5OS/c1-5(2)12-9(15)6(3)14-4-11-8(13-14)7(10)16/h4-6H,1-3H3,(H2,10,16)(H,12,15). The quantitative estimate of drug-likeness (QED) is 0.725. The van der Waals surface area contributed by atoms with Crippen molar-refractivity contribution >= 4 is 23.1 Å². The Morgan fingerprint density at radius 2 is 2.19 bits per heavy atom. The van der Waals surface area contributed by atoms with Crippen molar-refractivity contribution in [2.75, 3.05) is 0 Å². The normalized spacial score (nSPS) is 12.5. The molecule has 1 unspecified atom stereocenters. The minimum atomic E-state index is -0.432. The summed E-state index contributed by atoms with van der Waals surface area (Å²) in [7, 11) is 0. The highest BCUT2D eigenvalue weighted by molar-refractivity contribution is 7.80. The summed E-state index contributed by atoms with van der Waals surface area (Å²) < 4.78 is 1.44. The van der Waals surface area contributed by atoms with Gasteiger partial charge in [0, 0.05) is 6.04 Å². The van der Waals surface area contributed by atoms with Crippen molar-refractivity contribution in [3.63, 3.8) is 0 Å². The zero-order valence-electron chi connectivity index (χ0n) is 9.47. The number of nitrogens with zero attached hydrogens (tertiary/aromatic N) is 3. The number of nitrogens with two attached hydrogens (primary N) is 1. The lowest BCUT2D eigenvalue weighted by molar-refractivity contribution is -0.124. The Bertz CT molecular complexity index is 400. The first-order valence-corrected chi connectivity index (χ1v) is 5.34. The molecule has 1 aromatic heterocycles. The monoisotopic (exact) mass is 241 g/mol. The van der Waals surface area contributed by atoms with Gasteiger partial charge in [-0.15, -0.1) is 5.10 Å². The van der Waals surface area contributed by atoms with Gasteiger partial charge in [-0.3, -0.25) is 4.79 Å². The maximum atomic E-state index is 11.7. The van der Waals surface area contributed by atoms with Gasteiger partial charge in [0.1, 0.15) is 17.4 Å². The SMILES string of the molecule is CC(C)NC(=O)C(C)n1cnc(C(N)=S)n1. The molecule has 0 aliphatic rings. The van der Waals surface area contributed by atoms with E-state index in [4.69, 9.17) is 18.0 Å². The van der Waals surface area contributed by atoms with Gasteiger partial charge in [0.25, 0.3) is 0 Å². The highest BCUT2D eigenvalue weighted by Gasteiger charge is 2.17. The van der Waals surface area contributed by atoms with E-state index in [0.717, 1.165) is 0 Å². The summed E-state index contributed by atoms with van der Waals surface area (Å²) in [5.41, 5.74) is 5.38. The van der Waals surface area contributed by atoms with Gasteiger partial charge in [-0.05, 0) is 20.8 Å². The summed E-state index contributed by atoms with van der Waals surface area (Å²) >= 11 is 4.74. The highest BCUT2D eigenvalue weighted by Crippen LogP contribution is 2.04. The zero-order chi connectivity index (χ0) is 12.3. The lowest BCUT2D eigenvalue weighted by Crippen LogP contribution is -2.36. The second-order valence-corrected chi connectivity index (χ2v) is 4.19. The van der Waals surface area contributed by atoms with E-state index in [1.54, 1.807) is 6.92 Å². The van der Waals surface area contributed by atoms with E-state index in [0.29, 0.717) is 0 Å². The molecule has 1 atom stereocenters. The largest absolute Gasteiger partial charge is 0.387 e. The van der Waals surface area contributed by atoms with E-state index in [-0.39, 0.29) is 22.8 Å². The fraction of sp³-hybridized carbons (Fsp3) is 0.556. The number of rotatable bonds is 4. The molecule has 0 saturated carbocycles. The van der Waals surface area contributed by atoms with Crippen LogP contribution in [0.4, 0.5) is 0 Å². The molecule has 16 heavy (non-hydrogen) atoms. The summed E-state index contributed by atoms with van der Waals surface area (Å²) in [6, 6.07) is -0.341. The molecule has 1 heterocycles. The number of amides is 1. The van der Waals surface area contributed by atoms with Crippen LogP contribution in [0.5, 0.6) is 0 Å². The Morgan fingerprint density at radius 1 is 1.56 bits per heavy atom. The van der Waals surface area contributed by atoms with Crippen molar-refractivity contribution in [2.24, 2.45) is 5.73 Å². The van der Waals surface area contributed by atoms with Crippen molar-refractivity contribution in [1.29, 1.82) is 0 Å². The lowest BCUT2D eigenvalue weighted by Gasteiger charge is -2.14. The van der Waals surface area contributed by atoms with Crippen LogP contribution in [0.15, 0.2) is 6.33 Å². The number of aromatic nitrogens is 3. The summed E-state index contributed by atoms with van der Waals surface area (Å²) in [6.45, 7) is 5.52. The minimum absolute atomic E-state index is 0.0912. The average Bonchev–Trinajstić information content (AvgIpc) is 2.64. The molecule has 0 bridgehead atoms. The van der Waals surface area contributed by atoms with Crippen LogP contribution in [0.2, 0.25) is 0 Å². The van der Waals surface area contributed by atoms with Crippen LogP contribution in [0.25, 0.3) is 0 Å². The molecule has 0 spiro atoms. The van der Waals surface area contributed by atoms with E-state index in [1.807, 2.05) is 13.8 Å².